The highest BCUT2D eigenvalue weighted by molar-refractivity contribution is 5.96. The number of hydrogen-bond donors (Lipinski definition) is 0. The Morgan fingerprint density at radius 3 is 2.71 bits per heavy atom. The summed E-state index contributed by atoms with van der Waals surface area (Å²) in [7, 11) is 0. The summed E-state index contributed by atoms with van der Waals surface area (Å²) in [6, 6.07) is 15.5. The largest absolute Gasteiger partial charge is 0.454 e. The number of hydrogen-bond acceptors (Lipinski definition) is 4. The molecule has 24 heavy (non-hydrogen) atoms. The van der Waals surface area contributed by atoms with Gasteiger partial charge in [0.25, 0.3) is 5.91 Å². The van der Waals surface area contributed by atoms with Crippen LogP contribution in [0.1, 0.15) is 18.4 Å². The standard InChI is InChI=1S/C19H19NO4/c21-19(17-7-4-10-22-17)20(15-5-2-1-3-6-15)12-14-8-9-16-18(11-14)24-13-23-16/h1-3,5-6,8-9,11,17H,4,7,10,12-13H2. The first-order valence-corrected chi connectivity index (χ1v) is 8.18. The Kier molecular flexibility index (Phi) is 4.09. The van der Waals surface area contributed by atoms with E-state index < -0.39 is 0 Å². The van der Waals surface area contributed by atoms with Gasteiger partial charge in [-0.2, -0.15) is 0 Å². The van der Waals surface area contributed by atoms with E-state index in [9.17, 15) is 4.79 Å². The monoisotopic (exact) mass is 325 g/mol. The molecule has 0 aliphatic carbocycles. The lowest BCUT2D eigenvalue weighted by Gasteiger charge is -2.25. The van der Waals surface area contributed by atoms with Crippen LogP contribution in [0.5, 0.6) is 11.5 Å². The average molecular weight is 325 g/mol. The van der Waals surface area contributed by atoms with Crippen molar-refractivity contribution >= 4 is 11.6 Å². The topological polar surface area (TPSA) is 48.0 Å². The van der Waals surface area contributed by atoms with Gasteiger partial charge in [-0.3, -0.25) is 4.79 Å². The number of ether oxygens (including phenoxy) is 3. The van der Waals surface area contributed by atoms with E-state index in [0.717, 1.165) is 35.6 Å². The van der Waals surface area contributed by atoms with Gasteiger partial charge in [0, 0.05) is 12.3 Å². The number of carbonyl (C=O) groups excluding carboxylic acids is 1. The van der Waals surface area contributed by atoms with Crippen LogP contribution in [-0.2, 0) is 16.1 Å². The molecule has 0 saturated carbocycles. The second kappa shape index (κ2) is 6.53. The quantitative estimate of drug-likeness (QED) is 0.866. The molecule has 4 rings (SSSR count). The molecule has 2 aliphatic rings. The van der Waals surface area contributed by atoms with Gasteiger partial charge in [0.05, 0.1) is 6.54 Å². The van der Waals surface area contributed by atoms with Gasteiger partial charge in [-0.25, -0.2) is 0 Å². The van der Waals surface area contributed by atoms with Crippen molar-refractivity contribution in [2.24, 2.45) is 0 Å². The minimum absolute atomic E-state index is 0.0105. The highest BCUT2D eigenvalue weighted by Gasteiger charge is 2.29. The zero-order valence-corrected chi connectivity index (χ0v) is 13.3. The molecule has 1 saturated heterocycles. The molecule has 1 unspecified atom stereocenters. The van der Waals surface area contributed by atoms with Crippen molar-refractivity contribution in [3.8, 4) is 11.5 Å². The highest BCUT2D eigenvalue weighted by Crippen LogP contribution is 2.33. The third-order valence-electron chi connectivity index (χ3n) is 4.32. The molecule has 0 aromatic heterocycles. The Bertz CT molecular complexity index is 725. The SMILES string of the molecule is O=C(C1CCCO1)N(Cc1ccc2c(c1)OCO2)c1ccccc1. The molecule has 0 spiro atoms. The molecule has 0 bridgehead atoms. The Morgan fingerprint density at radius 1 is 1.08 bits per heavy atom. The van der Waals surface area contributed by atoms with E-state index in [1.165, 1.54) is 0 Å². The van der Waals surface area contributed by atoms with Crippen LogP contribution in [0, 0.1) is 0 Å². The third-order valence-corrected chi connectivity index (χ3v) is 4.32. The van der Waals surface area contributed by atoms with E-state index in [-0.39, 0.29) is 18.8 Å². The molecular weight excluding hydrogens is 306 g/mol. The van der Waals surface area contributed by atoms with Crippen molar-refractivity contribution in [1.82, 2.24) is 0 Å². The highest BCUT2D eigenvalue weighted by atomic mass is 16.7. The van der Waals surface area contributed by atoms with Gasteiger partial charge < -0.3 is 19.1 Å². The van der Waals surface area contributed by atoms with E-state index in [1.54, 1.807) is 4.90 Å². The number of para-hydroxylation sites is 1. The first-order chi connectivity index (χ1) is 11.8. The van der Waals surface area contributed by atoms with E-state index in [2.05, 4.69) is 0 Å². The van der Waals surface area contributed by atoms with E-state index in [1.807, 2.05) is 48.5 Å². The lowest BCUT2D eigenvalue weighted by molar-refractivity contribution is -0.127. The Morgan fingerprint density at radius 2 is 1.92 bits per heavy atom. The molecule has 124 valence electrons. The molecule has 5 nitrogen and oxygen atoms in total. The van der Waals surface area contributed by atoms with Gasteiger partial charge in [-0.05, 0) is 42.7 Å². The Balaban J connectivity index is 1.61. The molecule has 1 atom stereocenters. The number of carbonyl (C=O) groups is 1. The van der Waals surface area contributed by atoms with Crippen molar-refractivity contribution in [2.45, 2.75) is 25.5 Å². The summed E-state index contributed by atoms with van der Waals surface area (Å²) < 4.78 is 16.4. The summed E-state index contributed by atoms with van der Waals surface area (Å²) in [5, 5.41) is 0. The van der Waals surface area contributed by atoms with Crippen LogP contribution in [0.4, 0.5) is 5.69 Å². The smallest absolute Gasteiger partial charge is 0.256 e. The molecule has 2 heterocycles. The van der Waals surface area contributed by atoms with Crippen LogP contribution >= 0.6 is 0 Å². The number of amides is 1. The van der Waals surface area contributed by atoms with Crippen LogP contribution in [0.25, 0.3) is 0 Å². The molecule has 0 N–H and O–H groups in total. The zero-order chi connectivity index (χ0) is 16.4. The maximum absolute atomic E-state index is 12.9. The van der Waals surface area contributed by atoms with E-state index in [0.29, 0.717) is 13.2 Å². The summed E-state index contributed by atoms with van der Waals surface area (Å²) in [6.45, 7) is 1.37. The van der Waals surface area contributed by atoms with Gasteiger partial charge in [0.1, 0.15) is 6.10 Å². The maximum atomic E-state index is 12.9. The zero-order valence-electron chi connectivity index (χ0n) is 13.3. The third kappa shape index (κ3) is 2.95. The minimum atomic E-state index is -0.348. The maximum Gasteiger partial charge on any atom is 0.256 e. The van der Waals surface area contributed by atoms with Gasteiger partial charge in [0.2, 0.25) is 6.79 Å². The molecule has 2 aromatic rings. The van der Waals surface area contributed by atoms with Gasteiger partial charge in [-0.1, -0.05) is 24.3 Å². The first kappa shape index (κ1) is 15.0. The number of rotatable bonds is 4. The second-order valence-corrected chi connectivity index (χ2v) is 5.95. The average Bonchev–Trinajstić information content (AvgIpc) is 3.31. The normalized spacial score (nSPS) is 18.6. The predicted octanol–water partition coefficient (Wildman–Crippen LogP) is 3.13. The first-order valence-electron chi connectivity index (χ1n) is 8.18. The van der Waals surface area contributed by atoms with Crippen LogP contribution in [-0.4, -0.2) is 25.4 Å². The number of nitrogens with zero attached hydrogens (tertiary/aromatic N) is 1. The van der Waals surface area contributed by atoms with Crippen LogP contribution in [0.2, 0.25) is 0 Å². The summed E-state index contributed by atoms with van der Waals surface area (Å²) in [5.41, 5.74) is 1.87. The fourth-order valence-corrected chi connectivity index (χ4v) is 3.07. The summed E-state index contributed by atoms with van der Waals surface area (Å²) in [6.07, 6.45) is 1.37. The molecule has 1 fully saturated rings. The lowest BCUT2D eigenvalue weighted by Crippen LogP contribution is -2.38. The van der Waals surface area contributed by atoms with E-state index in [4.69, 9.17) is 14.2 Å². The van der Waals surface area contributed by atoms with Gasteiger partial charge in [0.15, 0.2) is 11.5 Å². The molecule has 0 radical (unpaired) electrons. The summed E-state index contributed by atoms with van der Waals surface area (Å²) in [5.74, 6) is 1.48. The summed E-state index contributed by atoms with van der Waals surface area (Å²) in [4.78, 5) is 14.7. The second-order valence-electron chi connectivity index (χ2n) is 5.95. The molecule has 1 amide bonds. The molecular formula is C19H19NO4. The fourth-order valence-electron chi connectivity index (χ4n) is 3.07. The molecule has 2 aromatic carbocycles. The van der Waals surface area contributed by atoms with Crippen molar-refractivity contribution in [3.63, 3.8) is 0 Å². The number of anilines is 1. The van der Waals surface area contributed by atoms with Crippen molar-refractivity contribution in [1.29, 1.82) is 0 Å². The minimum Gasteiger partial charge on any atom is -0.454 e. The number of benzene rings is 2. The van der Waals surface area contributed by atoms with Crippen molar-refractivity contribution in [3.05, 3.63) is 54.1 Å². The van der Waals surface area contributed by atoms with Gasteiger partial charge in [-0.15, -0.1) is 0 Å². The van der Waals surface area contributed by atoms with Crippen LogP contribution in [0.3, 0.4) is 0 Å². The van der Waals surface area contributed by atoms with Crippen LogP contribution < -0.4 is 14.4 Å². The van der Waals surface area contributed by atoms with Gasteiger partial charge >= 0.3 is 0 Å². The Hall–Kier alpha value is -2.53. The predicted molar refractivity (Wildman–Crippen MR) is 89.2 cm³/mol. The fraction of sp³-hybridized carbons (Fsp3) is 0.316. The van der Waals surface area contributed by atoms with E-state index >= 15 is 0 Å². The lowest BCUT2D eigenvalue weighted by atomic mass is 10.1. The summed E-state index contributed by atoms with van der Waals surface area (Å²) >= 11 is 0. The Labute approximate surface area is 140 Å². The number of fused-ring (bicyclic) bond motifs is 1. The molecule has 2 aliphatic heterocycles. The van der Waals surface area contributed by atoms with Crippen LogP contribution in [0.15, 0.2) is 48.5 Å². The van der Waals surface area contributed by atoms with Crippen molar-refractivity contribution in [2.75, 3.05) is 18.3 Å². The molecule has 5 heteroatoms. The van der Waals surface area contributed by atoms with Crippen molar-refractivity contribution < 1.29 is 19.0 Å².